The molecule has 38 heavy (non-hydrogen) atoms. The van der Waals surface area contributed by atoms with Crippen molar-refractivity contribution in [2.24, 2.45) is 10.2 Å². The molecule has 2 aromatic carbocycles. The number of nitrogens with zero attached hydrogens (tertiary/aromatic N) is 2. The fourth-order valence-corrected chi connectivity index (χ4v) is 4.19. The smallest absolute Gasteiger partial charge is 0.435 e. The number of carbonyl (C=O) groups excluding carboxylic acids is 2. The summed E-state index contributed by atoms with van der Waals surface area (Å²) in [7, 11) is -4.05. The largest absolute Gasteiger partial charge is 0.462 e. The van der Waals surface area contributed by atoms with Crippen LogP contribution >= 0.6 is 11.6 Å². The summed E-state index contributed by atoms with van der Waals surface area (Å²) in [6.45, 7) is 1.76. The molecular formula is C24H17ClF3N3O6S. The number of primary sulfonamides is 1. The van der Waals surface area contributed by atoms with E-state index in [-0.39, 0.29) is 39.3 Å². The molecule has 2 heterocycles. The Morgan fingerprint density at radius 3 is 2.45 bits per heavy atom. The number of benzene rings is 2. The first-order chi connectivity index (χ1) is 17.8. The first-order valence-corrected chi connectivity index (χ1v) is 12.6. The summed E-state index contributed by atoms with van der Waals surface area (Å²) in [6, 6.07) is 11.5. The molecule has 0 fully saturated rings. The van der Waals surface area contributed by atoms with Crippen molar-refractivity contribution in [3.8, 4) is 11.3 Å². The van der Waals surface area contributed by atoms with Gasteiger partial charge in [-0.3, -0.25) is 4.79 Å². The molecule has 9 nitrogen and oxygen atoms in total. The molecule has 0 radical (unpaired) electrons. The summed E-state index contributed by atoms with van der Waals surface area (Å²) in [4.78, 5) is 24.8. The lowest BCUT2D eigenvalue weighted by atomic mass is 10.1. The van der Waals surface area contributed by atoms with E-state index in [1.807, 2.05) is 0 Å². The van der Waals surface area contributed by atoms with Crippen molar-refractivity contribution >= 4 is 51.0 Å². The van der Waals surface area contributed by atoms with Crippen molar-refractivity contribution < 1.29 is 40.3 Å². The minimum atomic E-state index is -4.99. The average molecular weight is 568 g/mol. The Hall–Kier alpha value is -3.94. The van der Waals surface area contributed by atoms with Gasteiger partial charge in [-0.15, -0.1) is 0 Å². The highest BCUT2D eigenvalue weighted by Gasteiger charge is 2.47. The average Bonchev–Trinajstić information content (AvgIpc) is 3.44. The second kappa shape index (κ2) is 10.1. The van der Waals surface area contributed by atoms with E-state index in [4.69, 9.17) is 25.9 Å². The Kier molecular flexibility index (Phi) is 7.19. The van der Waals surface area contributed by atoms with Crippen molar-refractivity contribution in [3.63, 3.8) is 0 Å². The van der Waals surface area contributed by atoms with Gasteiger partial charge in [0.05, 0.1) is 33.3 Å². The summed E-state index contributed by atoms with van der Waals surface area (Å²) in [5, 5.41) is 9.09. The van der Waals surface area contributed by atoms with Crippen LogP contribution in [0.3, 0.4) is 0 Å². The van der Waals surface area contributed by atoms with Crippen molar-refractivity contribution in [2.45, 2.75) is 18.0 Å². The third-order valence-electron chi connectivity index (χ3n) is 5.22. The summed E-state index contributed by atoms with van der Waals surface area (Å²) >= 11 is 6.06. The molecule has 0 atom stereocenters. The number of amides is 1. The number of nitrogens with two attached hydrogens (primary N) is 1. The monoisotopic (exact) mass is 567 g/mol. The number of alkyl halides is 3. The van der Waals surface area contributed by atoms with E-state index in [0.717, 1.165) is 30.3 Å². The van der Waals surface area contributed by atoms with E-state index in [2.05, 4.69) is 5.10 Å². The lowest BCUT2D eigenvalue weighted by molar-refractivity contribution is -0.114. The van der Waals surface area contributed by atoms with Gasteiger partial charge in [-0.25, -0.2) is 18.4 Å². The van der Waals surface area contributed by atoms with Crippen molar-refractivity contribution in [1.82, 2.24) is 0 Å². The lowest BCUT2D eigenvalue weighted by Crippen LogP contribution is -2.25. The maximum Gasteiger partial charge on any atom is 0.435 e. The molecule has 14 heteroatoms. The highest BCUT2D eigenvalue weighted by molar-refractivity contribution is 7.89. The Balaban J connectivity index is 1.68. The quantitative estimate of drug-likeness (QED) is 0.337. The van der Waals surface area contributed by atoms with E-state index in [0.29, 0.717) is 10.6 Å². The van der Waals surface area contributed by atoms with Gasteiger partial charge in [0, 0.05) is 5.56 Å². The number of rotatable bonds is 6. The molecule has 1 amide bonds. The van der Waals surface area contributed by atoms with Crippen LogP contribution in [0.15, 0.2) is 74.6 Å². The lowest BCUT2D eigenvalue weighted by Gasteiger charge is -2.11. The number of sulfonamides is 1. The molecule has 0 unspecified atom stereocenters. The summed E-state index contributed by atoms with van der Waals surface area (Å²) in [5.74, 6) is -1.69. The van der Waals surface area contributed by atoms with Gasteiger partial charge in [-0.2, -0.15) is 23.3 Å². The van der Waals surface area contributed by atoms with E-state index < -0.39 is 39.4 Å². The normalized spacial score (nSPS) is 15.2. The number of hydrogen-bond donors (Lipinski definition) is 1. The number of furan rings is 1. The zero-order valence-electron chi connectivity index (χ0n) is 19.3. The predicted molar refractivity (Wildman–Crippen MR) is 132 cm³/mol. The Morgan fingerprint density at radius 1 is 1.16 bits per heavy atom. The highest BCUT2D eigenvalue weighted by atomic mass is 35.5. The number of hydrazone groups is 1. The molecule has 198 valence electrons. The molecule has 0 spiro atoms. The maximum atomic E-state index is 13.8. The number of ether oxygens (including phenoxy) is 1. The first kappa shape index (κ1) is 27.1. The van der Waals surface area contributed by atoms with Crippen LogP contribution in [0.4, 0.5) is 18.9 Å². The number of halogens is 4. The third kappa shape index (κ3) is 5.49. The minimum absolute atomic E-state index is 0.0730. The molecule has 3 aromatic rings. The summed E-state index contributed by atoms with van der Waals surface area (Å²) in [5.41, 5.74) is -1.91. The van der Waals surface area contributed by atoms with Gasteiger partial charge in [0.1, 0.15) is 11.5 Å². The summed E-state index contributed by atoms with van der Waals surface area (Å²) in [6.07, 6.45) is -4.10. The molecular weight excluding hydrogens is 551 g/mol. The number of carbonyl (C=O) groups is 2. The second-order valence-electron chi connectivity index (χ2n) is 7.78. The van der Waals surface area contributed by atoms with E-state index in [9.17, 15) is 31.2 Å². The van der Waals surface area contributed by atoms with Crippen LogP contribution in [0, 0.1) is 0 Å². The predicted octanol–water partition coefficient (Wildman–Crippen LogP) is 4.77. The van der Waals surface area contributed by atoms with Gasteiger partial charge in [-0.1, -0.05) is 11.6 Å². The Labute approximate surface area is 219 Å². The van der Waals surface area contributed by atoms with Crippen LogP contribution in [0.5, 0.6) is 0 Å². The highest BCUT2D eigenvalue weighted by Crippen LogP contribution is 2.34. The number of esters is 1. The number of hydrogen-bond acceptors (Lipinski definition) is 7. The Morgan fingerprint density at radius 2 is 1.84 bits per heavy atom. The molecule has 1 aliphatic rings. The van der Waals surface area contributed by atoms with Crippen LogP contribution in [-0.4, -0.2) is 38.8 Å². The third-order valence-corrected chi connectivity index (χ3v) is 6.47. The van der Waals surface area contributed by atoms with Crippen molar-refractivity contribution in [2.75, 3.05) is 11.6 Å². The maximum absolute atomic E-state index is 13.8. The van der Waals surface area contributed by atoms with Crippen LogP contribution in [0.25, 0.3) is 17.4 Å². The second-order valence-corrected chi connectivity index (χ2v) is 9.75. The SMILES string of the molecule is CCOC(=O)c1cc(-c2ccc(C=C3C(=O)N(c4ccc(S(N)(=O)=O)cc4)N=C3C(F)(F)F)o2)ccc1Cl. The van der Waals surface area contributed by atoms with Gasteiger partial charge >= 0.3 is 12.1 Å². The van der Waals surface area contributed by atoms with Gasteiger partial charge in [-0.05, 0) is 67.6 Å². The molecule has 0 saturated carbocycles. The molecule has 0 aliphatic carbocycles. The molecule has 2 N–H and O–H groups in total. The first-order valence-electron chi connectivity index (χ1n) is 10.7. The molecule has 0 bridgehead atoms. The summed E-state index contributed by atoms with van der Waals surface area (Å²) < 4.78 is 74.7. The van der Waals surface area contributed by atoms with Crippen molar-refractivity contribution in [1.29, 1.82) is 0 Å². The van der Waals surface area contributed by atoms with Gasteiger partial charge in [0.25, 0.3) is 5.91 Å². The zero-order chi connectivity index (χ0) is 27.8. The topological polar surface area (TPSA) is 132 Å². The van der Waals surface area contributed by atoms with Crippen LogP contribution in [0.2, 0.25) is 5.02 Å². The fourth-order valence-electron chi connectivity index (χ4n) is 3.48. The van der Waals surface area contributed by atoms with Gasteiger partial charge in [0.2, 0.25) is 10.0 Å². The molecule has 4 rings (SSSR count). The standard InChI is InChI=1S/C24H17ClF3N3O6S/c1-2-36-23(33)17-11-13(3-9-19(17)25)20-10-6-15(37-20)12-18-21(24(26,27)28)30-31(22(18)32)14-4-7-16(8-5-14)38(29,34)35/h3-12H,2H2,1H3,(H2,29,34,35). The zero-order valence-corrected chi connectivity index (χ0v) is 20.9. The van der Waals surface area contributed by atoms with E-state index in [1.165, 1.54) is 30.3 Å². The number of anilines is 1. The van der Waals surface area contributed by atoms with Crippen molar-refractivity contribution in [3.05, 3.63) is 76.5 Å². The van der Waals surface area contributed by atoms with Gasteiger partial charge in [0.15, 0.2) is 5.71 Å². The molecule has 1 aliphatic heterocycles. The molecule has 1 aromatic heterocycles. The Bertz CT molecular complexity index is 1590. The van der Waals surface area contributed by atoms with Crippen LogP contribution in [-0.2, 0) is 19.6 Å². The van der Waals surface area contributed by atoms with E-state index >= 15 is 0 Å². The fraction of sp³-hybridized carbons (Fsp3) is 0.125. The molecule has 0 saturated heterocycles. The minimum Gasteiger partial charge on any atom is -0.462 e. The van der Waals surface area contributed by atoms with E-state index in [1.54, 1.807) is 6.92 Å². The van der Waals surface area contributed by atoms with Gasteiger partial charge < -0.3 is 9.15 Å². The van der Waals surface area contributed by atoms with Crippen LogP contribution in [0.1, 0.15) is 23.0 Å². The van der Waals surface area contributed by atoms with Crippen LogP contribution < -0.4 is 10.1 Å².